The maximum Gasteiger partial charge on any atom is 0.143 e. The molecule has 0 N–H and O–H groups in total. The summed E-state index contributed by atoms with van der Waals surface area (Å²) in [6, 6.07) is 137. The van der Waals surface area contributed by atoms with Crippen LogP contribution < -0.4 is 0 Å². The van der Waals surface area contributed by atoms with Crippen molar-refractivity contribution in [1.82, 2.24) is 0 Å². The molecule has 0 radical (unpaired) electrons. The van der Waals surface area contributed by atoms with Gasteiger partial charge in [0.05, 0.1) is 6.85 Å². The standard InChI is InChI=1S/C42H26O.2C36H22O/c1-2-12-27(13-3-1)28-16-10-17-31(24-28)40-32-18-6-8-20-34(32)41(35-21-9-7-19-33(35)40)37-23-11-22-36-38-25-29-14-4-5-15-30(29)26-39(38)43-42(36)37;1-2-12-24(13-3-1)33-26-15-6-8-17-28(26)34(29-18-9-7-16-27(29)33)30-19-10-20-31-35-25-14-5-4-11-23(25)21-22-32(35)37-36(30)31;1-2-11-23(12-3-1)34-26-15-6-8-17-28(26)35(29-18-9-7-16-27(29)34)31-20-10-19-30-32-21-24-13-4-5-14-25(24)22-33(32)37-36(30)31/h1-26H;2*1-22H/i;1D,2D,3D,12D,13D;. The van der Waals surface area contributed by atoms with E-state index in [4.69, 9.17) is 20.1 Å². The van der Waals surface area contributed by atoms with Gasteiger partial charge >= 0.3 is 0 Å². The lowest BCUT2D eigenvalue weighted by Crippen LogP contribution is -1.91. The van der Waals surface area contributed by atoms with E-state index in [0.29, 0.717) is 5.56 Å². The van der Waals surface area contributed by atoms with Crippen molar-refractivity contribution in [3.63, 3.8) is 0 Å². The Hall–Kier alpha value is -15.4. The van der Waals surface area contributed by atoms with Crippen molar-refractivity contribution in [2.45, 2.75) is 0 Å². The molecule has 0 aliphatic heterocycles. The summed E-state index contributed by atoms with van der Waals surface area (Å²) in [5.74, 6) is 0. The Morgan fingerprint density at radius 1 is 0.162 bits per heavy atom. The predicted octanol–water partition coefficient (Wildman–Crippen LogP) is 32.8. The molecule has 3 nitrogen and oxygen atoms in total. The van der Waals surface area contributed by atoms with Crippen molar-refractivity contribution in [3.05, 3.63) is 425 Å². The smallest absolute Gasteiger partial charge is 0.143 e. The van der Waals surface area contributed by atoms with E-state index in [1.807, 2.05) is 66.7 Å². The lowest BCUT2D eigenvalue weighted by Gasteiger charge is -2.18. The first-order chi connectivity index (χ1) is 60.1. The van der Waals surface area contributed by atoms with Crippen LogP contribution in [0.5, 0.6) is 0 Å². The molecule has 0 fully saturated rings. The van der Waals surface area contributed by atoms with Gasteiger partial charge in [0.15, 0.2) is 0 Å². The van der Waals surface area contributed by atoms with Crippen LogP contribution in [-0.4, -0.2) is 0 Å². The highest BCUT2D eigenvalue weighted by atomic mass is 16.3. The van der Waals surface area contributed by atoms with Gasteiger partial charge in [-0.3, -0.25) is 0 Å². The molecule has 0 aliphatic rings. The van der Waals surface area contributed by atoms with Crippen molar-refractivity contribution in [2.24, 2.45) is 0 Å². The van der Waals surface area contributed by atoms with Crippen molar-refractivity contribution in [3.8, 4) is 77.9 Å². The number of para-hydroxylation sites is 3. The molecule has 22 aromatic carbocycles. The lowest BCUT2D eigenvalue weighted by molar-refractivity contribution is 0.670. The fraction of sp³-hybridized carbons (Fsp3) is 0. The molecule has 544 valence electrons. The van der Waals surface area contributed by atoms with E-state index in [0.717, 1.165) is 120 Å². The third kappa shape index (κ3) is 11.1. The predicted molar refractivity (Wildman–Crippen MR) is 497 cm³/mol. The summed E-state index contributed by atoms with van der Waals surface area (Å²) in [7, 11) is 0. The van der Waals surface area contributed by atoms with Crippen LogP contribution in [0, 0.1) is 0 Å². The zero-order chi connectivity index (χ0) is 81.4. The van der Waals surface area contributed by atoms with Crippen LogP contribution in [0.1, 0.15) is 6.85 Å². The topological polar surface area (TPSA) is 39.4 Å². The van der Waals surface area contributed by atoms with Gasteiger partial charge in [-0.25, -0.2) is 0 Å². The minimum atomic E-state index is -0.400. The summed E-state index contributed by atoms with van der Waals surface area (Å²) >= 11 is 0. The van der Waals surface area contributed by atoms with E-state index < -0.39 is 6.04 Å². The summed E-state index contributed by atoms with van der Waals surface area (Å²) in [6.45, 7) is 0. The van der Waals surface area contributed by atoms with Crippen LogP contribution in [0.3, 0.4) is 0 Å². The Kier molecular flexibility index (Phi) is 14.7. The Morgan fingerprint density at radius 2 is 0.462 bits per heavy atom. The van der Waals surface area contributed by atoms with Crippen LogP contribution in [0.15, 0.2) is 438 Å². The minimum absolute atomic E-state index is 0.202. The van der Waals surface area contributed by atoms with E-state index in [9.17, 15) is 0 Å². The highest BCUT2D eigenvalue weighted by Gasteiger charge is 2.26. The first-order valence-electron chi connectivity index (χ1n) is 42.3. The number of hydrogen-bond donors (Lipinski definition) is 0. The highest BCUT2D eigenvalue weighted by molar-refractivity contribution is 6.29. The molecule has 3 aromatic heterocycles. The van der Waals surface area contributed by atoms with Gasteiger partial charge in [0.1, 0.15) is 33.5 Å². The molecular weight excluding hydrogens is 1420 g/mol. The van der Waals surface area contributed by atoms with Crippen LogP contribution in [0.4, 0.5) is 0 Å². The van der Waals surface area contributed by atoms with E-state index in [-0.39, 0.29) is 29.7 Å². The average Bonchev–Trinajstić information content (AvgIpc) is 0.998. The molecular formula is C114H70O3. The molecule has 0 unspecified atom stereocenters. The second-order valence-electron chi connectivity index (χ2n) is 30.2. The molecule has 3 heterocycles. The third-order valence-corrected chi connectivity index (χ3v) is 23.8. The van der Waals surface area contributed by atoms with Crippen LogP contribution in [-0.2, 0) is 0 Å². The number of furan rings is 3. The first-order valence-corrected chi connectivity index (χ1v) is 39.8. The van der Waals surface area contributed by atoms with Crippen molar-refractivity contribution in [1.29, 1.82) is 0 Å². The zero-order valence-electron chi connectivity index (χ0n) is 68.3. The summed E-state index contributed by atoms with van der Waals surface area (Å²) in [6.07, 6.45) is 0. The summed E-state index contributed by atoms with van der Waals surface area (Å²) in [5, 5.41) is 27.2. The molecule has 0 atom stereocenters. The van der Waals surface area contributed by atoms with Gasteiger partial charge in [0.2, 0.25) is 0 Å². The number of benzene rings is 22. The quantitative estimate of drug-likeness (QED) is 0.149. The van der Waals surface area contributed by atoms with Crippen LogP contribution >= 0.6 is 0 Å². The van der Waals surface area contributed by atoms with Crippen molar-refractivity contribution < 1.29 is 20.1 Å². The molecule has 0 saturated carbocycles. The summed E-state index contributed by atoms with van der Waals surface area (Å²) in [4.78, 5) is 0. The van der Waals surface area contributed by atoms with Gasteiger partial charge in [0.25, 0.3) is 0 Å². The second kappa shape index (κ2) is 27.8. The van der Waals surface area contributed by atoms with Crippen LogP contribution in [0.2, 0.25) is 0 Å². The van der Waals surface area contributed by atoms with Crippen LogP contribution in [0.25, 0.3) is 241 Å². The SMILES string of the molecule is [2H]c1c([2H])c([2H])c(-c2c3ccccc3c(-c3cccc4c3oc3ccc5ccccc5c34)c3ccccc23)c([2H])c1[2H].c1ccc(-c2c3ccccc3c(-c3cccc4c3oc3cc5ccccc5cc34)c3ccccc23)cc1.c1ccc(-c2cccc(-c3c4ccccc4c(-c4cccc5c4oc4cc6ccccc6cc45)c4ccccc34)c2)cc1. The van der Waals surface area contributed by atoms with E-state index in [2.05, 4.69) is 328 Å². The molecule has 25 aromatic rings. The average molecular weight is 1490 g/mol. The normalized spacial score (nSPS) is 12.4. The zero-order valence-corrected chi connectivity index (χ0v) is 63.3. The third-order valence-electron chi connectivity index (χ3n) is 23.8. The minimum Gasteiger partial charge on any atom is -0.455 e. The van der Waals surface area contributed by atoms with Gasteiger partial charge in [-0.2, -0.15) is 0 Å². The molecule has 0 bridgehead atoms. The molecule has 25 rings (SSSR count). The Morgan fingerprint density at radius 3 is 0.897 bits per heavy atom. The lowest BCUT2D eigenvalue weighted by atomic mass is 9.85. The largest absolute Gasteiger partial charge is 0.455 e. The van der Waals surface area contributed by atoms with Gasteiger partial charge in [0, 0.05) is 65.7 Å². The maximum atomic E-state index is 8.79. The number of fused-ring (bicyclic) bond motifs is 19. The van der Waals surface area contributed by atoms with E-state index >= 15 is 0 Å². The Labute approximate surface area is 681 Å². The molecule has 0 amide bonds. The van der Waals surface area contributed by atoms with Crippen molar-refractivity contribution in [2.75, 3.05) is 0 Å². The van der Waals surface area contributed by atoms with Crippen molar-refractivity contribution >= 4 is 163 Å². The van der Waals surface area contributed by atoms with Gasteiger partial charge in [-0.1, -0.05) is 388 Å². The Bertz CT molecular complexity index is 8460. The molecule has 0 aliphatic carbocycles. The summed E-state index contributed by atoms with van der Waals surface area (Å²) < 4.78 is 62.4. The van der Waals surface area contributed by atoms with E-state index in [1.54, 1.807) is 0 Å². The first kappa shape index (κ1) is 62.2. The number of rotatable bonds is 7. The molecule has 0 saturated heterocycles. The Balaban J connectivity index is 0.000000107. The molecule has 3 heteroatoms. The number of hydrogen-bond acceptors (Lipinski definition) is 3. The maximum absolute atomic E-state index is 8.79. The summed E-state index contributed by atoms with van der Waals surface area (Å²) in [5.41, 5.74) is 20.2. The highest BCUT2D eigenvalue weighted by Crippen LogP contribution is 2.52. The fourth-order valence-corrected chi connectivity index (χ4v) is 18.7. The van der Waals surface area contributed by atoms with Gasteiger partial charge in [-0.15, -0.1) is 0 Å². The molecule has 117 heavy (non-hydrogen) atoms. The monoisotopic (exact) mass is 1490 g/mol. The second-order valence-corrected chi connectivity index (χ2v) is 30.2. The van der Waals surface area contributed by atoms with E-state index in [1.165, 1.54) is 109 Å². The van der Waals surface area contributed by atoms with Gasteiger partial charge < -0.3 is 13.3 Å². The van der Waals surface area contributed by atoms with Gasteiger partial charge in [-0.05, 0) is 178 Å². The fourth-order valence-electron chi connectivity index (χ4n) is 18.7. The molecule has 0 spiro atoms.